The van der Waals surface area contributed by atoms with E-state index in [9.17, 15) is 0 Å². The summed E-state index contributed by atoms with van der Waals surface area (Å²) in [7, 11) is 0. The van der Waals surface area contributed by atoms with Gasteiger partial charge < -0.3 is 15.2 Å². The molecule has 0 unspecified atom stereocenters. The fourth-order valence-corrected chi connectivity index (χ4v) is 2.14. The Labute approximate surface area is 151 Å². The van der Waals surface area contributed by atoms with Crippen LogP contribution >= 0.6 is 24.0 Å². The van der Waals surface area contributed by atoms with Crippen LogP contribution in [0.1, 0.15) is 46.4 Å². The van der Waals surface area contributed by atoms with Crippen LogP contribution < -0.4 is 10.6 Å². The molecule has 128 valence electrons. The number of rotatable bonds is 9. The fraction of sp³-hybridized carbons (Fsp3) is 0.800. The summed E-state index contributed by atoms with van der Waals surface area (Å²) in [5.74, 6) is 2.59. The first kappa shape index (κ1) is 21.1. The summed E-state index contributed by atoms with van der Waals surface area (Å²) in [6.45, 7) is 12.1. The normalized spacial score (nSPS) is 11.4. The number of nitrogens with zero attached hydrogens (tertiary/aromatic N) is 4. The Kier molecular flexibility index (Phi) is 12.2. The number of aromatic nitrogens is 3. The van der Waals surface area contributed by atoms with Gasteiger partial charge in [0.2, 0.25) is 0 Å². The second kappa shape index (κ2) is 12.7. The quantitative estimate of drug-likeness (QED) is 0.365. The van der Waals surface area contributed by atoms with E-state index < -0.39 is 0 Å². The lowest BCUT2D eigenvalue weighted by Gasteiger charge is -2.14. The van der Waals surface area contributed by atoms with Gasteiger partial charge in [-0.1, -0.05) is 33.6 Å². The van der Waals surface area contributed by atoms with Crippen molar-refractivity contribution in [1.82, 2.24) is 25.4 Å². The molecule has 0 aromatic carbocycles. The molecular weight excluding hydrogens is 391 g/mol. The van der Waals surface area contributed by atoms with Crippen molar-refractivity contribution in [3.8, 4) is 0 Å². The Morgan fingerprint density at radius 3 is 2.55 bits per heavy atom. The zero-order valence-electron chi connectivity index (χ0n) is 14.3. The van der Waals surface area contributed by atoms with Crippen LogP contribution in [0.15, 0.2) is 11.3 Å². The molecule has 7 heteroatoms. The van der Waals surface area contributed by atoms with Crippen LogP contribution in [-0.4, -0.2) is 40.4 Å². The highest BCUT2D eigenvalue weighted by Crippen LogP contribution is 2.07. The number of guanidine groups is 1. The van der Waals surface area contributed by atoms with Crippen LogP contribution in [0.3, 0.4) is 0 Å². The molecule has 0 spiro atoms. The molecule has 1 rings (SSSR count). The molecule has 0 fully saturated rings. The number of hydrogen-bond acceptors (Lipinski definition) is 3. The molecule has 1 heterocycles. The van der Waals surface area contributed by atoms with Gasteiger partial charge in [0.05, 0.1) is 0 Å². The Morgan fingerprint density at radius 2 is 1.95 bits per heavy atom. The van der Waals surface area contributed by atoms with E-state index in [1.807, 2.05) is 0 Å². The number of nitrogens with one attached hydrogen (secondary N) is 2. The van der Waals surface area contributed by atoms with E-state index >= 15 is 0 Å². The maximum atomic E-state index is 4.67. The number of halogens is 1. The predicted octanol–water partition coefficient (Wildman–Crippen LogP) is 2.45. The zero-order valence-corrected chi connectivity index (χ0v) is 16.6. The van der Waals surface area contributed by atoms with Gasteiger partial charge in [-0.05, 0) is 12.8 Å². The highest BCUT2D eigenvalue weighted by Gasteiger charge is 2.04. The van der Waals surface area contributed by atoms with Crippen molar-refractivity contribution < 1.29 is 0 Å². The van der Waals surface area contributed by atoms with Crippen molar-refractivity contribution in [3.63, 3.8) is 0 Å². The smallest absolute Gasteiger partial charge is 0.191 e. The maximum absolute atomic E-state index is 4.67. The second-order valence-corrected chi connectivity index (χ2v) is 5.12. The fourth-order valence-electron chi connectivity index (χ4n) is 2.14. The van der Waals surface area contributed by atoms with Gasteiger partial charge in [-0.2, -0.15) is 0 Å². The Bertz CT molecular complexity index is 414. The van der Waals surface area contributed by atoms with E-state index in [0.717, 1.165) is 44.4 Å². The van der Waals surface area contributed by atoms with E-state index in [0.29, 0.717) is 5.92 Å². The minimum absolute atomic E-state index is 0. The molecule has 2 N–H and O–H groups in total. The average Bonchev–Trinajstić information content (AvgIpc) is 2.95. The number of aliphatic imine (C=N–C) groups is 1. The Hall–Kier alpha value is -0.860. The molecule has 0 aliphatic carbocycles. The summed E-state index contributed by atoms with van der Waals surface area (Å²) in [6.07, 6.45) is 5.05. The Morgan fingerprint density at radius 1 is 1.23 bits per heavy atom. The van der Waals surface area contributed by atoms with Gasteiger partial charge in [-0.25, -0.2) is 0 Å². The van der Waals surface area contributed by atoms with Gasteiger partial charge in [0, 0.05) is 32.6 Å². The molecule has 6 nitrogen and oxygen atoms in total. The van der Waals surface area contributed by atoms with Gasteiger partial charge in [-0.15, -0.1) is 34.2 Å². The highest BCUT2D eigenvalue weighted by molar-refractivity contribution is 14.0. The van der Waals surface area contributed by atoms with Crippen LogP contribution in [0.2, 0.25) is 0 Å². The predicted molar refractivity (Wildman–Crippen MR) is 103 cm³/mol. The maximum Gasteiger partial charge on any atom is 0.191 e. The SMILES string of the molecule is CCNC(=NCC(CC)CC)NCCn1cnnc1CC.I. The average molecular weight is 422 g/mol. The number of aryl methyl sites for hydroxylation is 1. The van der Waals surface area contributed by atoms with Crippen molar-refractivity contribution in [3.05, 3.63) is 12.2 Å². The van der Waals surface area contributed by atoms with Crippen molar-refractivity contribution in [2.45, 2.75) is 53.5 Å². The Balaban J connectivity index is 0.00000441. The van der Waals surface area contributed by atoms with Crippen LogP contribution in [0.25, 0.3) is 0 Å². The molecule has 0 bridgehead atoms. The largest absolute Gasteiger partial charge is 0.357 e. The second-order valence-electron chi connectivity index (χ2n) is 5.12. The summed E-state index contributed by atoms with van der Waals surface area (Å²) in [5, 5.41) is 14.7. The third-order valence-electron chi connectivity index (χ3n) is 3.66. The minimum atomic E-state index is 0. The van der Waals surface area contributed by atoms with Crippen LogP contribution in [0.4, 0.5) is 0 Å². The van der Waals surface area contributed by atoms with Crippen molar-refractivity contribution in [2.24, 2.45) is 10.9 Å². The van der Waals surface area contributed by atoms with Gasteiger partial charge in [0.15, 0.2) is 5.96 Å². The molecule has 1 aromatic heterocycles. The minimum Gasteiger partial charge on any atom is -0.357 e. The van der Waals surface area contributed by atoms with Gasteiger partial charge >= 0.3 is 0 Å². The molecule has 0 atom stereocenters. The van der Waals surface area contributed by atoms with Crippen molar-refractivity contribution in [1.29, 1.82) is 0 Å². The third kappa shape index (κ3) is 7.42. The van der Waals surface area contributed by atoms with Crippen LogP contribution in [0, 0.1) is 5.92 Å². The standard InChI is InChI=1S/C15H30N6.HI/c1-5-13(6-2)11-18-15(16-8-4)17-9-10-21-12-19-20-14(21)7-3;/h12-13H,5-11H2,1-4H3,(H2,16,17,18);1H. The summed E-state index contributed by atoms with van der Waals surface area (Å²) >= 11 is 0. The van der Waals surface area contributed by atoms with E-state index in [1.165, 1.54) is 12.8 Å². The zero-order chi connectivity index (χ0) is 15.5. The summed E-state index contributed by atoms with van der Waals surface area (Å²) in [6, 6.07) is 0. The van der Waals surface area contributed by atoms with E-state index in [-0.39, 0.29) is 24.0 Å². The summed E-state index contributed by atoms with van der Waals surface area (Å²) < 4.78 is 2.08. The van der Waals surface area contributed by atoms with Gasteiger partial charge in [-0.3, -0.25) is 4.99 Å². The first-order chi connectivity index (χ1) is 10.2. The lowest BCUT2D eigenvalue weighted by Crippen LogP contribution is -2.39. The van der Waals surface area contributed by atoms with Gasteiger partial charge in [0.25, 0.3) is 0 Å². The van der Waals surface area contributed by atoms with Gasteiger partial charge in [0.1, 0.15) is 12.2 Å². The van der Waals surface area contributed by atoms with Crippen molar-refractivity contribution in [2.75, 3.05) is 19.6 Å². The summed E-state index contributed by atoms with van der Waals surface area (Å²) in [5.41, 5.74) is 0. The van der Waals surface area contributed by atoms with E-state index in [2.05, 4.69) is 58.1 Å². The van der Waals surface area contributed by atoms with Crippen LogP contribution in [0.5, 0.6) is 0 Å². The lowest BCUT2D eigenvalue weighted by atomic mass is 10.0. The van der Waals surface area contributed by atoms with Crippen LogP contribution in [-0.2, 0) is 13.0 Å². The molecule has 1 aromatic rings. The molecule has 0 amide bonds. The molecule has 0 saturated heterocycles. The summed E-state index contributed by atoms with van der Waals surface area (Å²) in [4.78, 5) is 4.67. The molecule has 0 aliphatic rings. The molecule has 0 saturated carbocycles. The highest BCUT2D eigenvalue weighted by atomic mass is 127. The first-order valence-corrected chi connectivity index (χ1v) is 8.13. The van der Waals surface area contributed by atoms with Crippen molar-refractivity contribution >= 4 is 29.9 Å². The molecule has 0 aliphatic heterocycles. The third-order valence-corrected chi connectivity index (χ3v) is 3.66. The molecule has 22 heavy (non-hydrogen) atoms. The topological polar surface area (TPSA) is 67.1 Å². The first-order valence-electron chi connectivity index (χ1n) is 8.13. The molecular formula is C15H31IN6. The molecule has 0 radical (unpaired) electrons. The van der Waals surface area contributed by atoms with E-state index in [1.54, 1.807) is 6.33 Å². The van der Waals surface area contributed by atoms with E-state index in [4.69, 9.17) is 0 Å². The number of hydrogen-bond donors (Lipinski definition) is 2. The lowest BCUT2D eigenvalue weighted by molar-refractivity contribution is 0.503. The monoisotopic (exact) mass is 422 g/mol.